The van der Waals surface area contributed by atoms with Crippen LogP contribution in [0.1, 0.15) is 22.3 Å². The van der Waals surface area contributed by atoms with E-state index in [1.165, 1.54) is 17.0 Å². The van der Waals surface area contributed by atoms with Crippen molar-refractivity contribution in [2.24, 2.45) is 0 Å². The fraction of sp³-hybridized carbons (Fsp3) is 0.429. The normalized spacial score (nSPS) is 13.6. The van der Waals surface area contributed by atoms with E-state index < -0.39 is 19.0 Å². The van der Waals surface area contributed by atoms with Gasteiger partial charge >= 0.3 is 5.97 Å². The fourth-order valence-electron chi connectivity index (χ4n) is 2.24. The molecule has 1 aromatic carbocycles. The molecule has 0 saturated heterocycles. The minimum Gasteiger partial charge on any atom is -0.478 e. The molecule has 1 aliphatic rings. The first kappa shape index (κ1) is 15.4. The largest absolute Gasteiger partial charge is 0.478 e. The molecular formula is C14H15F2NO4. The highest BCUT2D eigenvalue weighted by Crippen LogP contribution is 2.29. The molecule has 114 valence electrons. The number of halogens is 2. The van der Waals surface area contributed by atoms with Crippen LogP contribution in [-0.4, -0.2) is 43.2 Å². The molecule has 0 saturated carbocycles. The number of benzene rings is 1. The first-order valence-corrected chi connectivity index (χ1v) is 6.51. The molecule has 5 nitrogen and oxygen atoms in total. The Kier molecular flexibility index (Phi) is 4.85. The van der Waals surface area contributed by atoms with Crippen molar-refractivity contribution in [2.75, 3.05) is 24.7 Å². The van der Waals surface area contributed by atoms with Gasteiger partial charge in [0, 0.05) is 12.2 Å². The number of carbonyl (C=O) groups excluding carboxylic acids is 1. The Hall–Kier alpha value is -2.02. The third kappa shape index (κ3) is 3.75. The van der Waals surface area contributed by atoms with Gasteiger partial charge < -0.3 is 14.7 Å². The maximum Gasteiger partial charge on any atom is 0.335 e. The van der Waals surface area contributed by atoms with E-state index in [4.69, 9.17) is 5.11 Å². The average Bonchev–Trinajstić information content (AvgIpc) is 2.86. The zero-order valence-electron chi connectivity index (χ0n) is 11.2. The summed E-state index contributed by atoms with van der Waals surface area (Å²) in [5, 5.41) is 8.97. The van der Waals surface area contributed by atoms with Gasteiger partial charge in [-0.1, -0.05) is 6.07 Å². The first-order chi connectivity index (χ1) is 9.99. The zero-order chi connectivity index (χ0) is 15.4. The van der Waals surface area contributed by atoms with Crippen LogP contribution < -0.4 is 4.90 Å². The number of ether oxygens (including phenoxy) is 1. The Morgan fingerprint density at radius 2 is 2.14 bits per heavy atom. The number of aromatic carboxylic acids is 1. The zero-order valence-corrected chi connectivity index (χ0v) is 11.2. The number of fused-ring (bicyclic) bond motifs is 1. The summed E-state index contributed by atoms with van der Waals surface area (Å²) in [6.07, 6.45) is -1.91. The van der Waals surface area contributed by atoms with Crippen molar-refractivity contribution < 1.29 is 28.2 Å². The van der Waals surface area contributed by atoms with Crippen LogP contribution in [0.4, 0.5) is 14.5 Å². The molecule has 1 aromatic rings. The summed E-state index contributed by atoms with van der Waals surface area (Å²) in [5.74, 6) is -1.32. The van der Waals surface area contributed by atoms with Crippen molar-refractivity contribution in [1.29, 1.82) is 0 Å². The van der Waals surface area contributed by atoms with Gasteiger partial charge in [0.1, 0.15) is 6.61 Å². The lowest BCUT2D eigenvalue weighted by atomic mass is 10.1. The molecule has 0 atom stereocenters. The molecule has 0 bridgehead atoms. The fourth-order valence-corrected chi connectivity index (χ4v) is 2.24. The van der Waals surface area contributed by atoms with E-state index in [0.29, 0.717) is 18.7 Å². The number of alkyl halides is 2. The molecule has 1 amide bonds. The van der Waals surface area contributed by atoms with Gasteiger partial charge in [-0.05, 0) is 24.1 Å². The van der Waals surface area contributed by atoms with Crippen molar-refractivity contribution in [2.45, 2.75) is 19.3 Å². The van der Waals surface area contributed by atoms with E-state index in [9.17, 15) is 18.4 Å². The van der Waals surface area contributed by atoms with Gasteiger partial charge in [-0.2, -0.15) is 0 Å². The van der Waals surface area contributed by atoms with Gasteiger partial charge in [-0.25, -0.2) is 13.6 Å². The topological polar surface area (TPSA) is 66.8 Å². The quantitative estimate of drug-likeness (QED) is 0.815. The molecule has 1 aliphatic heterocycles. The van der Waals surface area contributed by atoms with Crippen LogP contribution in [-0.2, 0) is 16.0 Å². The Labute approximate surface area is 120 Å². The third-order valence-electron chi connectivity index (χ3n) is 3.23. The molecule has 0 unspecified atom stereocenters. The first-order valence-electron chi connectivity index (χ1n) is 6.51. The second-order valence-corrected chi connectivity index (χ2v) is 4.66. The standard InChI is InChI=1S/C14H15F2NO4/c15-12(16)8-21-6-4-13(18)17-5-3-9-1-2-10(14(19)20)7-11(9)17/h1-2,7,12H,3-6,8H2,(H,19,20). The van der Waals surface area contributed by atoms with Crippen molar-refractivity contribution in [3.8, 4) is 0 Å². The van der Waals surface area contributed by atoms with Crippen molar-refractivity contribution >= 4 is 17.6 Å². The number of carboxylic acids is 1. The van der Waals surface area contributed by atoms with E-state index >= 15 is 0 Å². The lowest BCUT2D eigenvalue weighted by Crippen LogP contribution is -2.30. The van der Waals surface area contributed by atoms with Crippen LogP contribution in [0.5, 0.6) is 0 Å². The molecule has 0 radical (unpaired) electrons. The third-order valence-corrected chi connectivity index (χ3v) is 3.23. The molecule has 1 N–H and O–H groups in total. The van der Waals surface area contributed by atoms with Gasteiger partial charge in [0.2, 0.25) is 5.91 Å². The SMILES string of the molecule is O=C(O)c1ccc2c(c1)N(C(=O)CCOCC(F)F)CC2. The van der Waals surface area contributed by atoms with Crippen LogP contribution in [0.15, 0.2) is 18.2 Å². The summed E-state index contributed by atoms with van der Waals surface area (Å²) in [6.45, 7) is -0.299. The smallest absolute Gasteiger partial charge is 0.335 e. The summed E-state index contributed by atoms with van der Waals surface area (Å²) in [6, 6.07) is 4.66. The van der Waals surface area contributed by atoms with Gasteiger partial charge in [-0.15, -0.1) is 0 Å². The predicted molar refractivity (Wildman–Crippen MR) is 70.9 cm³/mol. The second kappa shape index (κ2) is 6.62. The molecule has 1 heterocycles. The van der Waals surface area contributed by atoms with E-state index in [2.05, 4.69) is 4.74 Å². The number of carbonyl (C=O) groups is 2. The van der Waals surface area contributed by atoms with Crippen LogP contribution >= 0.6 is 0 Å². The molecule has 0 spiro atoms. The van der Waals surface area contributed by atoms with E-state index in [1.807, 2.05) is 0 Å². The van der Waals surface area contributed by atoms with Crippen molar-refractivity contribution in [3.63, 3.8) is 0 Å². The van der Waals surface area contributed by atoms with Gasteiger partial charge in [0.15, 0.2) is 0 Å². The number of rotatable bonds is 6. The number of amides is 1. The second-order valence-electron chi connectivity index (χ2n) is 4.66. The highest BCUT2D eigenvalue weighted by molar-refractivity contribution is 5.97. The van der Waals surface area contributed by atoms with Crippen LogP contribution in [0.25, 0.3) is 0 Å². The molecule has 0 aromatic heterocycles. The summed E-state index contributed by atoms with van der Waals surface area (Å²) in [5.41, 5.74) is 1.60. The molecule has 2 rings (SSSR count). The Morgan fingerprint density at radius 3 is 2.81 bits per heavy atom. The van der Waals surface area contributed by atoms with Gasteiger partial charge in [0.25, 0.3) is 6.43 Å². The van der Waals surface area contributed by atoms with E-state index in [1.54, 1.807) is 6.07 Å². The monoisotopic (exact) mass is 299 g/mol. The summed E-state index contributed by atoms with van der Waals surface area (Å²) in [4.78, 5) is 24.5. The summed E-state index contributed by atoms with van der Waals surface area (Å²) in [7, 11) is 0. The molecule has 0 fully saturated rings. The van der Waals surface area contributed by atoms with Gasteiger partial charge in [0.05, 0.1) is 18.6 Å². The molecule has 7 heteroatoms. The van der Waals surface area contributed by atoms with E-state index in [0.717, 1.165) is 5.56 Å². The summed E-state index contributed by atoms with van der Waals surface area (Å²) >= 11 is 0. The van der Waals surface area contributed by atoms with Crippen LogP contribution in [0.2, 0.25) is 0 Å². The number of hydrogen-bond donors (Lipinski definition) is 1. The van der Waals surface area contributed by atoms with Crippen molar-refractivity contribution in [3.05, 3.63) is 29.3 Å². The van der Waals surface area contributed by atoms with E-state index in [-0.39, 0.29) is 24.5 Å². The minimum absolute atomic E-state index is 0.0105. The van der Waals surface area contributed by atoms with Crippen LogP contribution in [0.3, 0.4) is 0 Å². The summed E-state index contributed by atoms with van der Waals surface area (Å²) < 4.78 is 28.5. The highest BCUT2D eigenvalue weighted by Gasteiger charge is 2.25. The number of carboxylic acid groups (broad SMARTS) is 1. The molecule has 0 aliphatic carbocycles. The lowest BCUT2D eigenvalue weighted by molar-refractivity contribution is -0.120. The maximum absolute atomic E-state index is 12.0. The highest BCUT2D eigenvalue weighted by atomic mass is 19.3. The Balaban J connectivity index is 1.99. The Bertz CT molecular complexity index is 548. The lowest BCUT2D eigenvalue weighted by Gasteiger charge is -2.17. The number of hydrogen-bond acceptors (Lipinski definition) is 3. The number of nitrogens with zero attached hydrogens (tertiary/aromatic N) is 1. The van der Waals surface area contributed by atoms with Gasteiger partial charge in [-0.3, -0.25) is 4.79 Å². The average molecular weight is 299 g/mol. The predicted octanol–water partition coefficient (Wildman–Crippen LogP) is 1.95. The van der Waals surface area contributed by atoms with Crippen LogP contribution in [0, 0.1) is 0 Å². The Morgan fingerprint density at radius 1 is 1.38 bits per heavy atom. The minimum atomic E-state index is -2.55. The number of anilines is 1. The van der Waals surface area contributed by atoms with Crippen molar-refractivity contribution in [1.82, 2.24) is 0 Å². The molecular weight excluding hydrogens is 284 g/mol. The molecule has 21 heavy (non-hydrogen) atoms. The maximum atomic E-state index is 12.0.